The molecule has 0 aliphatic carbocycles. The zero-order chi connectivity index (χ0) is 16.6. The Labute approximate surface area is 129 Å². The quantitative estimate of drug-likeness (QED) is 0.666. The summed E-state index contributed by atoms with van der Waals surface area (Å²) in [6.45, 7) is 5.23. The minimum atomic E-state index is -0.635. The molecule has 0 atom stereocenters. The highest BCUT2D eigenvalue weighted by atomic mass is 16.6. The van der Waals surface area contributed by atoms with E-state index in [1.54, 1.807) is 39.0 Å². The van der Waals surface area contributed by atoms with Gasteiger partial charge in [0.1, 0.15) is 11.7 Å². The summed E-state index contributed by atoms with van der Waals surface area (Å²) < 4.78 is 15.4. The Morgan fingerprint density at radius 2 is 2.14 bits per heavy atom. The molecule has 1 N–H and O–H groups in total. The lowest BCUT2D eigenvalue weighted by Gasteiger charge is -2.18. The molecular weight excluding hydrogens is 286 g/mol. The van der Waals surface area contributed by atoms with Crippen molar-refractivity contribution in [1.82, 2.24) is 5.43 Å². The number of nitriles is 1. The Morgan fingerprint density at radius 3 is 2.73 bits per heavy atom. The highest BCUT2D eigenvalue weighted by Gasteiger charge is 2.15. The molecule has 22 heavy (non-hydrogen) atoms. The average molecular weight is 305 g/mol. The molecule has 0 aliphatic rings. The molecule has 1 rings (SSSR count). The largest absolute Gasteiger partial charge is 0.493 e. The third kappa shape index (κ3) is 6.13. The van der Waals surface area contributed by atoms with Gasteiger partial charge in [-0.3, -0.25) is 0 Å². The fraction of sp³-hybridized carbons (Fsp3) is 0.400. The second-order valence-electron chi connectivity index (χ2n) is 5.23. The zero-order valence-electron chi connectivity index (χ0n) is 13.0. The van der Waals surface area contributed by atoms with Crippen LogP contribution in [0.4, 0.5) is 4.79 Å². The van der Waals surface area contributed by atoms with Gasteiger partial charge in [0.25, 0.3) is 0 Å². The lowest BCUT2D eigenvalue weighted by Crippen LogP contribution is -2.29. The topological polar surface area (TPSA) is 92.9 Å². The van der Waals surface area contributed by atoms with Gasteiger partial charge < -0.3 is 14.2 Å². The molecule has 0 aliphatic heterocycles. The summed E-state index contributed by atoms with van der Waals surface area (Å²) in [5, 5.41) is 12.3. The first-order chi connectivity index (χ1) is 10.4. The van der Waals surface area contributed by atoms with E-state index in [9.17, 15) is 4.79 Å². The summed E-state index contributed by atoms with van der Waals surface area (Å²) >= 11 is 0. The fourth-order valence-electron chi connectivity index (χ4n) is 1.45. The number of carbonyl (C=O) groups excluding carboxylic acids is 1. The molecule has 1 aromatic carbocycles. The number of hydrogen-bond acceptors (Lipinski definition) is 6. The number of amides is 1. The maximum atomic E-state index is 11.4. The third-order valence-electron chi connectivity index (χ3n) is 2.25. The predicted octanol–water partition coefficient (Wildman–Crippen LogP) is 2.46. The van der Waals surface area contributed by atoms with Crippen LogP contribution in [0.1, 0.15) is 26.3 Å². The number of nitrogens with zero attached hydrogens (tertiary/aromatic N) is 2. The average Bonchev–Trinajstić information content (AvgIpc) is 2.43. The van der Waals surface area contributed by atoms with E-state index in [0.29, 0.717) is 17.1 Å². The number of hydrogen-bond donors (Lipinski definition) is 1. The summed E-state index contributed by atoms with van der Waals surface area (Å²) in [4.78, 5) is 11.4. The first-order valence-electron chi connectivity index (χ1n) is 6.55. The number of methoxy groups -OCH3 is 1. The maximum absolute atomic E-state index is 11.4. The molecule has 0 saturated heterocycles. The molecule has 118 valence electrons. The van der Waals surface area contributed by atoms with Crippen LogP contribution in [0.3, 0.4) is 0 Å². The minimum absolute atomic E-state index is 0.0655. The van der Waals surface area contributed by atoms with E-state index in [1.807, 2.05) is 6.07 Å². The third-order valence-corrected chi connectivity index (χ3v) is 2.25. The van der Waals surface area contributed by atoms with Crippen molar-refractivity contribution < 1.29 is 19.0 Å². The highest BCUT2D eigenvalue weighted by molar-refractivity contribution is 5.82. The van der Waals surface area contributed by atoms with Crippen LogP contribution < -0.4 is 14.9 Å². The van der Waals surface area contributed by atoms with Gasteiger partial charge in [-0.15, -0.1) is 0 Å². The molecule has 7 nitrogen and oxygen atoms in total. The van der Waals surface area contributed by atoms with E-state index < -0.39 is 11.7 Å². The van der Waals surface area contributed by atoms with E-state index >= 15 is 0 Å². The lowest BCUT2D eigenvalue weighted by molar-refractivity contribution is 0.0529. The van der Waals surface area contributed by atoms with Gasteiger partial charge in [-0.05, 0) is 44.5 Å². The molecule has 1 aromatic rings. The van der Waals surface area contributed by atoms with Crippen molar-refractivity contribution in [1.29, 1.82) is 5.26 Å². The van der Waals surface area contributed by atoms with Crippen LogP contribution in [0.5, 0.6) is 11.5 Å². The van der Waals surface area contributed by atoms with Crippen molar-refractivity contribution in [3.8, 4) is 17.6 Å². The molecule has 0 unspecified atom stereocenters. The standard InChI is InChI=1S/C15H19N3O4/c1-15(2,3)22-14(19)18-17-10-11-5-6-12(21-8-7-16)13(9-11)20-4/h5-6,9-10H,8H2,1-4H3,(H,18,19)/b17-10-. The van der Waals surface area contributed by atoms with Crippen LogP contribution in [0.2, 0.25) is 0 Å². The molecular formula is C15H19N3O4. The van der Waals surface area contributed by atoms with Gasteiger partial charge in [-0.2, -0.15) is 10.4 Å². The summed E-state index contributed by atoms with van der Waals surface area (Å²) in [7, 11) is 1.49. The van der Waals surface area contributed by atoms with Gasteiger partial charge >= 0.3 is 6.09 Å². The Bertz CT molecular complexity index is 585. The Morgan fingerprint density at radius 1 is 1.41 bits per heavy atom. The zero-order valence-corrected chi connectivity index (χ0v) is 13.0. The molecule has 0 saturated carbocycles. The number of benzene rings is 1. The molecule has 0 spiro atoms. The van der Waals surface area contributed by atoms with Crippen LogP contribution in [0.15, 0.2) is 23.3 Å². The van der Waals surface area contributed by atoms with Gasteiger partial charge in [0.15, 0.2) is 18.1 Å². The smallest absolute Gasteiger partial charge is 0.428 e. The van der Waals surface area contributed by atoms with Crippen LogP contribution in [-0.2, 0) is 4.74 Å². The predicted molar refractivity (Wildman–Crippen MR) is 81.1 cm³/mol. The highest BCUT2D eigenvalue weighted by Crippen LogP contribution is 2.27. The number of carbonyl (C=O) groups is 1. The summed E-state index contributed by atoms with van der Waals surface area (Å²) in [6, 6.07) is 6.93. The number of ether oxygens (including phenoxy) is 3. The summed E-state index contributed by atoms with van der Waals surface area (Å²) in [5.74, 6) is 0.928. The van der Waals surface area contributed by atoms with E-state index in [0.717, 1.165) is 0 Å². The van der Waals surface area contributed by atoms with Crippen molar-refractivity contribution >= 4 is 12.3 Å². The fourth-order valence-corrected chi connectivity index (χ4v) is 1.45. The molecule has 7 heteroatoms. The molecule has 0 bridgehead atoms. The van der Waals surface area contributed by atoms with E-state index in [2.05, 4.69) is 10.5 Å². The molecule has 0 fully saturated rings. The first kappa shape index (κ1) is 17.3. The lowest BCUT2D eigenvalue weighted by atomic mass is 10.2. The van der Waals surface area contributed by atoms with Crippen LogP contribution in [0, 0.1) is 11.3 Å². The maximum Gasteiger partial charge on any atom is 0.428 e. The van der Waals surface area contributed by atoms with Gasteiger partial charge in [0.2, 0.25) is 0 Å². The summed E-state index contributed by atoms with van der Waals surface area (Å²) in [5.41, 5.74) is 2.38. The van der Waals surface area contributed by atoms with E-state index in [1.165, 1.54) is 13.3 Å². The Balaban J connectivity index is 2.68. The van der Waals surface area contributed by atoms with Gasteiger partial charge in [-0.25, -0.2) is 10.2 Å². The van der Waals surface area contributed by atoms with Crippen molar-refractivity contribution in [2.45, 2.75) is 26.4 Å². The molecule has 1 amide bonds. The monoisotopic (exact) mass is 305 g/mol. The number of rotatable bonds is 5. The first-order valence-corrected chi connectivity index (χ1v) is 6.55. The molecule has 0 aromatic heterocycles. The van der Waals surface area contributed by atoms with Crippen molar-refractivity contribution in [2.75, 3.05) is 13.7 Å². The summed E-state index contributed by atoms with van der Waals surface area (Å²) in [6.07, 6.45) is 0.810. The van der Waals surface area contributed by atoms with E-state index in [-0.39, 0.29) is 6.61 Å². The van der Waals surface area contributed by atoms with Gasteiger partial charge in [0.05, 0.1) is 13.3 Å². The number of nitrogens with one attached hydrogen (secondary N) is 1. The second kappa shape index (κ2) is 7.88. The molecule has 0 radical (unpaired) electrons. The minimum Gasteiger partial charge on any atom is -0.493 e. The van der Waals surface area contributed by atoms with Gasteiger partial charge in [0, 0.05) is 0 Å². The van der Waals surface area contributed by atoms with Crippen molar-refractivity contribution in [3.63, 3.8) is 0 Å². The second-order valence-corrected chi connectivity index (χ2v) is 5.23. The van der Waals surface area contributed by atoms with Crippen LogP contribution in [0.25, 0.3) is 0 Å². The SMILES string of the molecule is COc1cc(/C=N\NC(=O)OC(C)(C)C)ccc1OCC#N. The van der Waals surface area contributed by atoms with Gasteiger partial charge in [-0.1, -0.05) is 0 Å². The van der Waals surface area contributed by atoms with Crippen molar-refractivity contribution in [3.05, 3.63) is 23.8 Å². The Hall–Kier alpha value is -2.75. The van der Waals surface area contributed by atoms with E-state index in [4.69, 9.17) is 19.5 Å². The number of hydrazone groups is 1. The Kier molecular flexibility index (Phi) is 6.20. The molecule has 0 heterocycles. The van der Waals surface area contributed by atoms with Crippen molar-refractivity contribution in [2.24, 2.45) is 5.10 Å². The normalized spacial score (nSPS) is 10.9. The van der Waals surface area contributed by atoms with Crippen LogP contribution >= 0.6 is 0 Å². The van der Waals surface area contributed by atoms with Crippen LogP contribution in [-0.4, -0.2) is 31.6 Å².